The Kier molecular flexibility index (Phi) is 4.64. The number of alkyl halides is 3. The molecule has 0 heterocycles. The van der Waals surface area contributed by atoms with E-state index >= 15 is 0 Å². The summed E-state index contributed by atoms with van der Waals surface area (Å²) in [5.41, 5.74) is 0.556. The monoisotopic (exact) mass is 298 g/mol. The van der Waals surface area contributed by atoms with Gasteiger partial charge in [-0.3, -0.25) is 4.72 Å². The minimum atomic E-state index is -4.65. The molecule has 0 unspecified atom stereocenters. The normalized spacial score (nSPS) is 12.4. The van der Waals surface area contributed by atoms with Crippen LogP contribution in [-0.2, 0) is 16.6 Å². The second-order valence-electron chi connectivity index (χ2n) is 3.75. The number of hydrogen-bond donors (Lipinski definition) is 3. The lowest BCUT2D eigenvalue weighted by Gasteiger charge is -2.12. The second kappa shape index (κ2) is 5.66. The van der Waals surface area contributed by atoms with Crippen LogP contribution in [0.15, 0.2) is 18.2 Å². The number of phenolic OH excluding ortho intramolecular Hbond substituents is 1. The summed E-state index contributed by atoms with van der Waals surface area (Å²) in [6.45, 7) is 0.128. The van der Waals surface area contributed by atoms with Crippen molar-refractivity contribution in [1.82, 2.24) is 4.72 Å². The average Bonchev–Trinajstić information content (AvgIpc) is 2.29. The fourth-order valence-electron chi connectivity index (χ4n) is 1.24. The molecule has 108 valence electrons. The van der Waals surface area contributed by atoms with Gasteiger partial charge in [0.25, 0.3) is 10.2 Å². The third kappa shape index (κ3) is 5.35. The van der Waals surface area contributed by atoms with Crippen molar-refractivity contribution in [3.8, 4) is 5.75 Å². The quantitative estimate of drug-likeness (QED) is 0.725. The maximum atomic E-state index is 11.9. The zero-order valence-electron chi connectivity index (χ0n) is 9.95. The summed E-state index contributed by atoms with van der Waals surface area (Å²) < 4.78 is 61.7. The second-order valence-corrected chi connectivity index (χ2v) is 5.25. The van der Waals surface area contributed by atoms with Crippen LogP contribution in [0.5, 0.6) is 5.75 Å². The first kappa shape index (κ1) is 15.6. The lowest BCUT2D eigenvalue weighted by molar-refractivity contribution is -0.121. The number of phenols is 1. The molecule has 0 aromatic heterocycles. The first-order chi connectivity index (χ1) is 8.63. The Morgan fingerprint density at radius 3 is 2.47 bits per heavy atom. The third-order valence-corrected chi connectivity index (χ3v) is 3.19. The summed E-state index contributed by atoms with van der Waals surface area (Å²) >= 11 is 0. The Hall–Kier alpha value is -1.48. The highest BCUT2D eigenvalue weighted by atomic mass is 32.2. The molecule has 0 aliphatic carbocycles. The minimum Gasteiger partial charge on any atom is -0.506 e. The molecule has 1 rings (SSSR count). The predicted molar refractivity (Wildman–Crippen MR) is 64.1 cm³/mol. The molecule has 0 bridgehead atoms. The molecule has 0 fully saturated rings. The van der Waals surface area contributed by atoms with Gasteiger partial charge in [-0.2, -0.15) is 26.3 Å². The molecule has 0 atom stereocenters. The highest BCUT2D eigenvalue weighted by Gasteiger charge is 2.29. The summed E-state index contributed by atoms with van der Waals surface area (Å²) in [6.07, 6.45) is -4.06. The van der Waals surface area contributed by atoms with Crippen LogP contribution >= 0.6 is 0 Å². The first-order valence-electron chi connectivity index (χ1n) is 5.29. The number of aromatic hydroxyl groups is 1. The summed E-state index contributed by atoms with van der Waals surface area (Å²) in [7, 11) is -4.40. The van der Waals surface area contributed by atoms with E-state index in [0.29, 0.717) is 6.42 Å². The van der Waals surface area contributed by atoms with Gasteiger partial charge in [0.1, 0.15) is 12.3 Å². The van der Waals surface area contributed by atoms with Gasteiger partial charge in [-0.25, -0.2) is 0 Å². The van der Waals surface area contributed by atoms with Crippen LogP contribution in [0.4, 0.5) is 18.9 Å². The zero-order valence-corrected chi connectivity index (χ0v) is 10.8. The largest absolute Gasteiger partial charge is 0.506 e. The SMILES string of the molecule is CCc1ccc(O)c(NS(=O)(=O)NCC(F)(F)F)c1. The van der Waals surface area contributed by atoms with E-state index in [1.54, 1.807) is 6.07 Å². The van der Waals surface area contributed by atoms with Crippen LogP contribution in [0.3, 0.4) is 0 Å². The molecule has 0 amide bonds. The van der Waals surface area contributed by atoms with Crippen molar-refractivity contribution in [2.24, 2.45) is 0 Å². The van der Waals surface area contributed by atoms with Crippen LogP contribution in [0.1, 0.15) is 12.5 Å². The molecule has 0 saturated carbocycles. The maximum absolute atomic E-state index is 11.9. The van der Waals surface area contributed by atoms with Gasteiger partial charge in [0.2, 0.25) is 0 Å². The Morgan fingerprint density at radius 1 is 1.32 bits per heavy atom. The fourth-order valence-corrected chi connectivity index (χ4v) is 2.12. The molecule has 1 aromatic carbocycles. The minimum absolute atomic E-state index is 0.172. The molecule has 0 saturated heterocycles. The molecule has 0 aliphatic heterocycles. The first-order valence-corrected chi connectivity index (χ1v) is 6.77. The molecular formula is C10H13F3N2O3S. The lowest BCUT2D eigenvalue weighted by Crippen LogP contribution is -2.37. The summed E-state index contributed by atoms with van der Waals surface area (Å²) in [5, 5.41) is 9.44. The molecule has 0 spiro atoms. The van der Waals surface area contributed by atoms with E-state index < -0.39 is 22.9 Å². The van der Waals surface area contributed by atoms with Crippen LogP contribution in [0.25, 0.3) is 0 Å². The highest BCUT2D eigenvalue weighted by molar-refractivity contribution is 7.90. The van der Waals surface area contributed by atoms with Gasteiger partial charge < -0.3 is 5.11 Å². The fraction of sp³-hybridized carbons (Fsp3) is 0.400. The van der Waals surface area contributed by atoms with E-state index in [4.69, 9.17) is 0 Å². The van der Waals surface area contributed by atoms with Crippen LogP contribution < -0.4 is 9.44 Å². The van der Waals surface area contributed by atoms with Gasteiger partial charge >= 0.3 is 6.18 Å². The Balaban J connectivity index is 2.83. The molecule has 9 heteroatoms. The van der Waals surface area contributed by atoms with Gasteiger partial charge in [0.15, 0.2) is 0 Å². The van der Waals surface area contributed by atoms with Crippen molar-refractivity contribution in [3.05, 3.63) is 23.8 Å². The molecular weight excluding hydrogens is 285 g/mol. The molecule has 0 radical (unpaired) electrons. The number of anilines is 1. The molecule has 0 aliphatic rings. The highest BCUT2D eigenvalue weighted by Crippen LogP contribution is 2.25. The van der Waals surface area contributed by atoms with Gasteiger partial charge in [0, 0.05) is 0 Å². The lowest BCUT2D eigenvalue weighted by atomic mass is 10.1. The summed E-state index contributed by atoms with van der Waals surface area (Å²) in [6, 6.07) is 4.19. The van der Waals surface area contributed by atoms with Gasteiger partial charge in [0.05, 0.1) is 5.69 Å². The predicted octanol–water partition coefficient (Wildman–Crippen LogP) is 1.76. The average molecular weight is 298 g/mol. The molecule has 5 nitrogen and oxygen atoms in total. The van der Waals surface area contributed by atoms with Gasteiger partial charge in [-0.15, -0.1) is 0 Å². The number of halogens is 3. The van der Waals surface area contributed by atoms with Crippen molar-refractivity contribution < 1.29 is 26.7 Å². The van der Waals surface area contributed by atoms with Crippen molar-refractivity contribution in [3.63, 3.8) is 0 Å². The Labute approximate surface area is 108 Å². The van der Waals surface area contributed by atoms with Gasteiger partial charge in [-0.1, -0.05) is 13.0 Å². The van der Waals surface area contributed by atoms with Crippen LogP contribution in [-0.4, -0.2) is 26.2 Å². The molecule has 3 N–H and O–H groups in total. The van der Waals surface area contributed by atoms with E-state index in [-0.39, 0.29) is 11.4 Å². The van der Waals surface area contributed by atoms with E-state index in [1.807, 2.05) is 11.6 Å². The van der Waals surface area contributed by atoms with E-state index in [1.165, 1.54) is 16.9 Å². The summed E-state index contributed by atoms with van der Waals surface area (Å²) in [5.74, 6) is -0.366. The molecule has 1 aromatic rings. The standard InChI is InChI=1S/C10H13F3N2O3S/c1-2-7-3-4-9(16)8(5-7)15-19(17,18)14-6-10(11,12)13/h3-5,14-16H,2,6H2,1H3. The third-order valence-electron chi connectivity index (χ3n) is 2.18. The number of benzene rings is 1. The van der Waals surface area contributed by atoms with E-state index in [9.17, 15) is 26.7 Å². The van der Waals surface area contributed by atoms with Crippen molar-refractivity contribution in [2.45, 2.75) is 19.5 Å². The van der Waals surface area contributed by atoms with Crippen molar-refractivity contribution in [1.29, 1.82) is 0 Å². The van der Waals surface area contributed by atoms with Gasteiger partial charge in [-0.05, 0) is 24.1 Å². The smallest absolute Gasteiger partial charge is 0.402 e. The molecule has 19 heavy (non-hydrogen) atoms. The van der Waals surface area contributed by atoms with Crippen molar-refractivity contribution >= 4 is 15.9 Å². The Morgan fingerprint density at radius 2 is 1.95 bits per heavy atom. The zero-order chi connectivity index (χ0) is 14.7. The number of hydrogen-bond acceptors (Lipinski definition) is 3. The number of nitrogens with one attached hydrogen (secondary N) is 2. The number of aryl methyl sites for hydroxylation is 1. The van der Waals surface area contributed by atoms with E-state index in [2.05, 4.69) is 0 Å². The topological polar surface area (TPSA) is 78.4 Å². The van der Waals surface area contributed by atoms with Crippen molar-refractivity contribution in [2.75, 3.05) is 11.3 Å². The Bertz CT molecular complexity index is 543. The summed E-state index contributed by atoms with van der Waals surface area (Å²) in [4.78, 5) is 0. The number of rotatable bonds is 5. The maximum Gasteiger partial charge on any atom is 0.402 e. The van der Waals surface area contributed by atoms with E-state index in [0.717, 1.165) is 5.56 Å². The van der Waals surface area contributed by atoms with Crippen LogP contribution in [0.2, 0.25) is 0 Å². The van der Waals surface area contributed by atoms with Crippen LogP contribution in [0, 0.1) is 0 Å².